The van der Waals surface area contributed by atoms with Crippen LogP contribution in [0.5, 0.6) is 0 Å². The third kappa shape index (κ3) is 12.2. The average Bonchev–Trinajstić information content (AvgIpc) is 3.77. The molecule has 0 aromatic heterocycles. The van der Waals surface area contributed by atoms with E-state index in [1.54, 1.807) is 49.1 Å². The first kappa shape index (κ1) is 40.2. The minimum absolute atomic E-state index is 0.0112. The van der Waals surface area contributed by atoms with Gasteiger partial charge in [0, 0.05) is 51.0 Å². The Bertz CT molecular complexity index is 1140. The van der Waals surface area contributed by atoms with Crippen molar-refractivity contribution in [2.24, 2.45) is 17.8 Å². The molecule has 11 nitrogen and oxygen atoms in total. The van der Waals surface area contributed by atoms with Gasteiger partial charge in [0.1, 0.15) is 11.7 Å². The van der Waals surface area contributed by atoms with Gasteiger partial charge in [-0.3, -0.25) is 9.69 Å². The molecule has 3 heterocycles. The molecule has 0 spiro atoms. The number of allylic oxidation sites excluding steroid dienone is 2. The second-order valence-corrected chi connectivity index (χ2v) is 15.2. The molecule has 10 atom stereocenters. The molecule has 1 amide bonds. The fraction of sp³-hybridized carbons (Fsp3) is 0.784. The van der Waals surface area contributed by atoms with Crippen molar-refractivity contribution in [2.75, 3.05) is 32.7 Å². The molecule has 0 bridgehead atoms. The molecule has 3 aliphatic rings. The topological polar surface area (TPSA) is 153 Å². The van der Waals surface area contributed by atoms with E-state index < -0.39 is 47.7 Å². The second kappa shape index (κ2) is 17.6. The van der Waals surface area contributed by atoms with Crippen molar-refractivity contribution in [3.8, 4) is 0 Å². The monoisotopic (exact) mass is 678 g/mol. The van der Waals surface area contributed by atoms with Gasteiger partial charge in [-0.15, -0.1) is 0 Å². The van der Waals surface area contributed by atoms with E-state index in [9.17, 15) is 30.0 Å². The maximum absolute atomic E-state index is 13.2. The summed E-state index contributed by atoms with van der Waals surface area (Å²) in [5, 5.41) is 43.2. The van der Waals surface area contributed by atoms with E-state index in [-0.39, 0.29) is 43.3 Å². The first-order chi connectivity index (χ1) is 22.4. The van der Waals surface area contributed by atoms with Gasteiger partial charge < -0.3 is 39.5 Å². The van der Waals surface area contributed by atoms with Gasteiger partial charge in [-0.05, 0) is 57.6 Å². The Hall–Kier alpha value is -2.28. The Morgan fingerprint density at radius 1 is 1.21 bits per heavy atom. The summed E-state index contributed by atoms with van der Waals surface area (Å²) in [6.45, 7) is 18.8. The van der Waals surface area contributed by atoms with E-state index >= 15 is 0 Å². The summed E-state index contributed by atoms with van der Waals surface area (Å²) in [6.07, 6.45) is 5.74. The third-order valence-electron chi connectivity index (χ3n) is 9.85. The number of carbonyl (C=O) groups excluding carboxylic acids is 2. The van der Waals surface area contributed by atoms with Crippen LogP contribution in [0, 0.1) is 17.8 Å². The first-order valence-corrected chi connectivity index (χ1v) is 17.8. The molecule has 0 saturated carbocycles. The quantitative estimate of drug-likeness (QED) is 0.109. The van der Waals surface area contributed by atoms with E-state index in [0.29, 0.717) is 37.4 Å². The molecule has 48 heavy (non-hydrogen) atoms. The van der Waals surface area contributed by atoms with Crippen LogP contribution >= 0.6 is 0 Å². The Kier molecular flexibility index (Phi) is 14.7. The van der Waals surface area contributed by atoms with Crippen molar-refractivity contribution in [1.82, 2.24) is 9.80 Å². The van der Waals surface area contributed by atoms with Crippen molar-refractivity contribution in [3.63, 3.8) is 0 Å². The molecule has 0 aliphatic carbocycles. The summed E-state index contributed by atoms with van der Waals surface area (Å²) in [4.78, 5) is 30.1. The van der Waals surface area contributed by atoms with Crippen LogP contribution in [0.1, 0.15) is 87.5 Å². The van der Waals surface area contributed by atoms with Gasteiger partial charge in [-0.2, -0.15) is 0 Å². The van der Waals surface area contributed by atoms with Crippen molar-refractivity contribution >= 4 is 12.1 Å². The first-order valence-electron chi connectivity index (χ1n) is 17.8. The lowest BCUT2D eigenvalue weighted by molar-refractivity contribution is -0.151. The molecule has 274 valence electrons. The summed E-state index contributed by atoms with van der Waals surface area (Å²) >= 11 is 0. The predicted octanol–water partition coefficient (Wildman–Crippen LogP) is 3.98. The van der Waals surface area contributed by atoms with Gasteiger partial charge >= 0.3 is 12.1 Å². The van der Waals surface area contributed by atoms with E-state index in [2.05, 4.69) is 18.7 Å². The highest BCUT2D eigenvalue weighted by atomic mass is 16.6. The zero-order chi connectivity index (χ0) is 35.8. The van der Waals surface area contributed by atoms with Crippen LogP contribution in [-0.2, 0) is 19.0 Å². The number of aliphatic hydroxyl groups excluding tert-OH is 2. The Morgan fingerprint density at radius 3 is 2.50 bits per heavy atom. The molecule has 3 aliphatic heterocycles. The number of ether oxygens (including phenoxy) is 3. The van der Waals surface area contributed by atoms with Crippen LogP contribution in [0.3, 0.4) is 0 Å². The van der Waals surface area contributed by atoms with E-state index in [0.717, 1.165) is 19.6 Å². The molecule has 10 unspecified atom stereocenters. The Balaban J connectivity index is 1.72. The number of hydrogen-bond acceptors (Lipinski definition) is 10. The van der Waals surface area contributed by atoms with E-state index in [4.69, 9.17) is 14.2 Å². The molecule has 2 fully saturated rings. The summed E-state index contributed by atoms with van der Waals surface area (Å²) in [7, 11) is 0. The fourth-order valence-electron chi connectivity index (χ4n) is 6.61. The number of nitrogens with zero attached hydrogens (tertiary/aromatic N) is 2. The lowest BCUT2D eigenvalue weighted by Gasteiger charge is -2.37. The number of cyclic esters (lactones) is 1. The van der Waals surface area contributed by atoms with E-state index in [1.165, 1.54) is 0 Å². The zero-order valence-electron chi connectivity index (χ0n) is 30.4. The highest BCUT2D eigenvalue weighted by Crippen LogP contribution is 2.37. The number of esters is 1. The van der Waals surface area contributed by atoms with Crippen LogP contribution in [0.2, 0.25) is 0 Å². The van der Waals surface area contributed by atoms with Crippen molar-refractivity contribution in [1.29, 1.82) is 0 Å². The van der Waals surface area contributed by atoms with Gasteiger partial charge in [0.15, 0.2) is 6.10 Å². The Morgan fingerprint density at radius 2 is 1.88 bits per heavy atom. The number of rotatable bonds is 11. The number of aliphatic hydroxyl groups is 4. The van der Waals surface area contributed by atoms with Gasteiger partial charge in [0.25, 0.3) is 0 Å². The molecule has 0 aromatic rings. The largest absolute Gasteiger partial charge is 0.457 e. The standard InChI is InChI=1S/C37H62N2O9/c1-9-29(41)27(6)34-30(46-34)22-36(7,44)15-10-11-25(4)33-26(5)12-13-31(37(8,45)16-14-28(40)21-32(42)48-33)47-35(43)39-19-17-38(18-20-39)23-24(2)3/h10-13,15,24,26-31,33-34,40-41,44-45H,9,14,16-23H2,1-8H3/b13-12-,15-10+,25-11+. The minimum Gasteiger partial charge on any atom is -0.457 e. The Labute approximate surface area is 287 Å². The third-order valence-corrected chi connectivity index (χ3v) is 9.85. The van der Waals surface area contributed by atoms with Crippen LogP contribution in [-0.4, -0.2) is 123 Å². The van der Waals surface area contributed by atoms with Gasteiger partial charge in [0.05, 0.1) is 36.4 Å². The summed E-state index contributed by atoms with van der Waals surface area (Å²) in [5.74, 6) is -0.408. The van der Waals surface area contributed by atoms with Crippen LogP contribution in [0.4, 0.5) is 4.79 Å². The number of piperazine rings is 1. The lowest BCUT2D eigenvalue weighted by Crippen LogP contribution is -2.51. The lowest BCUT2D eigenvalue weighted by atomic mass is 9.88. The summed E-state index contributed by atoms with van der Waals surface area (Å²) in [5.41, 5.74) is -1.94. The SMILES string of the molecule is CCC(O)C(C)C1OC1CC(C)(O)/C=C/C=C(\C)C1OC(=O)CC(O)CCC(C)(O)C(OC(=O)N2CCN(CC(C)C)CC2)/C=C\C1C. The molecular formula is C37H62N2O9. The highest BCUT2D eigenvalue weighted by molar-refractivity contribution is 5.70. The smallest absolute Gasteiger partial charge is 0.410 e. The number of epoxide rings is 1. The van der Waals surface area contributed by atoms with Crippen molar-refractivity contribution in [2.45, 2.75) is 135 Å². The number of carbonyl (C=O) groups is 2. The normalized spacial score (nSPS) is 34.5. The van der Waals surface area contributed by atoms with Crippen LogP contribution < -0.4 is 0 Å². The highest BCUT2D eigenvalue weighted by Gasteiger charge is 2.47. The number of amides is 1. The minimum atomic E-state index is -1.49. The molecule has 4 N–H and O–H groups in total. The fourth-order valence-corrected chi connectivity index (χ4v) is 6.61. The maximum Gasteiger partial charge on any atom is 0.410 e. The molecule has 0 radical (unpaired) electrons. The zero-order valence-corrected chi connectivity index (χ0v) is 30.4. The van der Waals surface area contributed by atoms with Crippen LogP contribution in [0.25, 0.3) is 0 Å². The van der Waals surface area contributed by atoms with Crippen molar-refractivity contribution < 1.29 is 44.2 Å². The average molecular weight is 679 g/mol. The molecular weight excluding hydrogens is 616 g/mol. The van der Waals surface area contributed by atoms with Gasteiger partial charge in [0.2, 0.25) is 0 Å². The summed E-state index contributed by atoms with van der Waals surface area (Å²) < 4.78 is 17.5. The van der Waals surface area contributed by atoms with Gasteiger partial charge in [-0.1, -0.05) is 58.9 Å². The summed E-state index contributed by atoms with van der Waals surface area (Å²) in [6, 6.07) is 0. The van der Waals surface area contributed by atoms with Crippen molar-refractivity contribution in [3.05, 3.63) is 36.0 Å². The van der Waals surface area contributed by atoms with Crippen LogP contribution in [0.15, 0.2) is 36.0 Å². The predicted molar refractivity (Wildman–Crippen MR) is 184 cm³/mol. The molecule has 0 aromatic carbocycles. The second-order valence-electron chi connectivity index (χ2n) is 15.2. The molecule has 2 saturated heterocycles. The maximum atomic E-state index is 13.2. The molecule has 3 rings (SSSR count). The molecule has 11 heteroatoms. The van der Waals surface area contributed by atoms with Gasteiger partial charge in [-0.25, -0.2) is 4.79 Å². The number of hydrogen-bond donors (Lipinski definition) is 4. The van der Waals surface area contributed by atoms with E-state index in [1.807, 2.05) is 27.7 Å².